The molecule has 1 aromatic carbocycles. The van der Waals surface area contributed by atoms with Crippen LogP contribution >= 0.6 is 11.3 Å². The zero-order chi connectivity index (χ0) is 21.8. The van der Waals surface area contributed by atoms with Crippen LogP contribution in [0.25, 0.3) is 21.5 Å². The highest BCUT2D eigenvalue weighted by Gasteiger charge is 2.36. The van der Waals surface area contributed by atoms with E-state index in [-0.39, 0.29) is 17.9 Å². The molecular formula is C22H24N4O4S. The number of nitrogens with one attached hydrogen (secondary N) is 2. The van der Waals surface area contributed by atoms with E-state index >= 15 is 0 Å². The van der Waals surface area contributed by atoms with Crippen LogP contribution in [0, 0.1) is 5.92 Å². The first kappa shape index (κ1) is 20.0. The molecule has 1 fully saturated rings. The lowest BCUT2D eigenvalue weighted by molar-refractivity contribution is -0.119. The number of anilines is 1. The average molecular weight is 441 g/mol. The number of fused-ring (bicyclic) bond motifs is 2. The third-order valence-corrected chi connectivity index (χ3v) is 6.70. The van der Waals surface area contributed by atoms with Gasteiger partial charge in [-0.25, -0.2) is 9.97 Å². The maximum absolute atomic E-state index is 11.6. The molecule has 0 saturated carbocycles. The monoisotopic (exact) mass is 440 g/mol. The number of aliphatic hydroxyl groups is 1. The Morgan fingerprint density at radius 2 is 2.19 bits per heavy atom. The van der Waals surface area contributed by atoms with E-state index in [4.69, 9.17) is 9.47 Å². The molecule has 0 aliphatic carbocycles. The summed E-state index contributed by atoms with van der Waals surface area (Å²) in [5.74, 6) is 2.01. The van der Waals surface area contributed by atoms with Gasteiger partial charge in [-0.2, -0.15) is 0 Å². The van der Waals surface area contributed by atoms with E-state index in [0.29, 0.717) is 30.2 Å². The molecule has 4 heterocycles. The number of aromatic nitrogens is 2. The van der Waals surface area contributed by atoms with Gasteiger partial charge in [0.05, 0.1) is 21.4 Å². The van der Waals surface area contributed by atoms with Crippen LogP contribution in [0.3, 0.4) is 0 Å². The fraction of sp³-hybridized carbons (Fsp3) is 0.409. The number of nitrogens with zero attached hydrogens (tertiary/aromatic N) is 2. The van der Waals surface area contributed by atoms with E-state index in [2.05, 4.69) is 20.6 Å². The second kappa shape index (κ2) is 7.35. The quantitative estimate of drug-likeness (QED) is 0.572. The Labute approximate surface area is 183 Å². The van der Waals surface area contributed by atoms with Crippen LogP contribution in [0.5, 0.6) is 11.5 Å². The van der Waals surface area contributed by atoms with Gasteiger partial charge in [-0.1, -0.05) is 0 Å². The Morgan fingerprint density at radius 1 is 1.35 bits per heavy atom. The van der Waals surface area contributed by atoms with Crippen LogP contribution in [0.4, 0.5) is 5.82 Å². The van der Waals surface area contributed by atoms with Crippen LogP contribution < -0.4 is 20.1 Å². The number of ether oxygens (including phenoxy) is 2. The predicted octanol–water partition coefficient (Wildman–Crippen LogP) is 3.16. The van der Waals surface area contributed by atoms with Gasteiger partial charge in [-0.15, -0.1) is 11.3 Å². The summed E-state index contributed by atoms with van der Waals surface area (Å²) in [5, 5.41) is 16.2. The molecule has 1 amide bonds. The molecular weight excluding hydrogens is 416 g/mol. The minimum atomic E-state index is -0.869. The van der Waals surface area contributed by atoms with Crippen molar-refractivity contribution < 1.29 is 19.4 Å². The van der Waals surface area contributed by atoms with E-state index in [0.717, 1.165) is 21.5 Å². The minimum Gasteiger partial charge on any atom is -0.489 e. The zero-order valence-corrected chi connectivity index (χ0v) is 18.3. The molecule has 1 unspecified atom stereocenters. The number of hydrogen-bond donors (Lipinski definition) is 3. The first-order valence-electron chi connectivity index (χ1n) is 10.3. The van der Waals surface area contributed by atoms with Gasteiger partial charge < -0.3 is 25.2 Å². The van der Waals surface area contributed by atoms with Crippen molar-refractivity contribution in [3.05, 3.63) is 29.8 Å². The molecule has 31 heavy (non-hydrogen) atoms. The lowest BCUT2D eigenvalue weighted by Gasteiger charge is -2.37. The van der Waals surface area contributed by atoms with Gasteiger partial charge >= 0.3 is 0 Å². The van der Waals surface area contributed by atoms with Crippen molar-refractivity contribution in [2.45, 2.75) is 45.1 Å². The molecule has 3 atom stereocenters. The summed E-state index contributed by atoms with van der Waals surface area (Å²) in [4.78, 5) is 20.7. The standard InChI is InChI=1S/C22H24N4O4S/c1-11(13-8-18(27)23-9-13)29-17-7-12(6-15-19(17)31-10-24-15)14-4-5-16-20(25-14)26-21(28)22(2,3)30-16/h4-7,10-11,13,21,28H,8-9H2,1-3H3,(H,23,27)(H,25,26)/t11-,13-,21?/m1/s1. The number of pyridine rings is 1. The molecule has 162 valence electrons. The van der Waals surface area contributed by atoms with Crippen molar-refractivity contribution in [1.29, 1.82) is 0 Å². The maximum atomic E-state index is 11.6. The topological polar surface area (TPSA) is 106 Å². The third-order valence-electron chi connectivity index (χ3n) is 5.84. The number of amides is 1. The minimum absolute atomic E-state index is 0.0653. The SMILES string of the molecule is C[C@@H](Oc1cc(-c2ccc3c(n2)NC(O)C(C)(C)O3)cc2ncsc12)[C@H]1CNC(=O)C1. The van der Waals surface area contributed by atoms with Gasteiger partial charge in [0.1, 0.15) is 17.5 Å². The number of benzene rings is 1. The molecule has 5 rings (SSSR count). The molecule has 1 saturated heterocycles. The Bertz CT molecular complexity index is 1160. The van der Waals surface area contributed by atoms with Crippen molar-refractivity contribution in [1.82, 2.24) is 15.3 Å². The molecule has 0 spiro atoms. The predicted molar refractivity (Wildman–Crippen MR) is 118 cm³/mol. The molecule has 9 heteroatoms. The van der Waals surface area contributed by atoms with E-state index in [9.17, 15) is 9.90 Å². The van der Waals surface area contributed by atoms with Crippen LogP contribution in [0.1, 0.15) is 27.2 Å². The third kappa shape index (κ3) is 3.68. The highest BCUT2D eigenvalue weighted by Crippen LogP contribution is 2.39. The number of hydrogen-bond acceptors (Lipinski definition) is 8. The number of aliphatic hydroxyl groups excluding tert-OH is 1. The van der Waals surface area contributed by atoms with E-state index in [1.165, 1.54) is 11.3 Å². The van der Waals surface area contributed by atoms with Gasteiger partial charge in [0, 0.05) is 24.4 Å². The van der Waals surface area contributed by atoms with E-state index < -0.39 is 11.8 Å². The number of thiazole rings is 1. The summed E-state index contributed by atoms with van der Waals surface area (Å²) >= 11 is 1.52. The lowest BCUT2D eigenvalue weighted by atomic mass is 10.0. The van der Waals surface area contributed by atoms with Gasteiger partial charge in [0.2, 0.25) is 5.91 Å². The van der Waals surface area contributed by atoms with Crippen LogP contribution in [-0.2, 0) is 4.79 Å². The van der Waals surface area contributed by atoms with Gasteiger partial charge in [0.25, 0.3) is 0 Å². The van der Waals surface area contributed by atoms with E-state index in [1.54, 1.807) is 5.51 Å². The first-order valence-corrected chi connectivity index (χ1v) is 11.1. The lowest BCUT2D eigenvalue weighted by Crippen LogP contribution is -2.49. The van der Waals surface area contributed by atoms with Crippen molar-refractivity contribution in [2.75, 3.05) is 11.9 Å². The molecule has 2 aromatic heterocycles. The number of carbonyl (C=O) groups excluding carboxylic acids is 1. The molecule has 0 bridgehead atoms. The van der Waals surface area contributed by atoms with E-state index in [1.807, 2.05) is 45.0 Å². The second-order valence-corrected chi connectivity index (χ2v) is 9.42. The molecule has 8 nitrogen and oxygen atoms in total. The highest BCUT2D eigenvalue weighted by molar-refractivity contribution is 7.17. The van der Waals surface area contributed by atoms with Crippen molar-refractivity contribution in [2.24, 2.45) is 5.92 Å². The Morgan fingerprint density at radius 3 is 2.97 bits per heavy atom. The van der Waals surface area contributed by atoms with Crippen molar-refractivity contribution in [3.8, 4) is 22.8 Å². The Kier molecular flexibility index (Phi) is 4.75. The number of rotatable bonds is 4. The Balaban J connectivity index is 1.49. The summed E-state index contributed by atoms with van der Waals surface area (Å²) in [6, 6.07) is 7.67. The highest BCUT2D eigenvalue weighted by atomic mass is 32.1. The fourth-order valence-electron chi connectivity index (χ4n) is 3.86. The average Bonchev–Trinajstić information content (AvgIpc) is 3.37. The van der Waals surface area contributed by atoms with Crippen molar-refractivity contribution >= 4 is 33.3 Å². The molecule has 2 aliphatic rings. The molecule has 3 N–H and O–H groups in total. The van der Waals surface area contributed by atoms with Crippen LogP contribution in [0.2, 0.25) is 0 Å². The maximum Gasteiger partial charge on any atom is 0.220 e. The van der Waals surface area contributed by atoms with Crippen LogP contribution in [-0.4, -0.2) is 45.5 Å². The summed E-state index contributed by atoms with van der Waals surface area (Å²) in [6.07, 6.45) is -0.515. The summed E-state index contributed by atoms with van der Waals surface area (Å²) in [7, 11) is 0. The number of carbonyl (C=O) groups is 1. The smallest absolute Gasteiger partial charge is 0.220 e. The van der Waals surface area contributed by atoms with Crippen LogP contribution in [0.15, 0.2) is 29.8 Å². The molecule has 2 aliphatic heterocycles. The fourth-order valence-corrected chi connectivity index (χ4v) is 4.59. The first-order chi connectivity index (χ1) is 14.8. The van der Waals surface area contributed by atoms with Crippen molar-refractivity contribution in [3.63, 3.8) is 0 Å². The normalized spacial score (nSPS) is 22.9. The van der Waals surface area contributed by atoms with Gasteiger partial charge in [0.15, 0.2) is 17.8 Å². The second-order valence-electron chi connectivity index (χ2n) is 8.56. The summed E-state index contributed by atoms with van der Waals surface area (Å²) in [6.45, 7) is 6.25. The summed E-state index contributed by atoms with van der Waals surface area (Å²) in [5.41, 5.74) is 3.44. The Hall–Kier alpha value is -2.91. The molecule has 3 aromatic rings. The van der Waals surface area contributed by atoms with Gasteiger partial charge in [-0.05, 0) is 45.0 Å². The molecule has 0 radical (unpaired) electrons. The largest absolute Gasteiger partial charge is 0.489 e. The zero-order valence-electron chi connectivity index (χ0n) is 17.5. The summed E-state index contributed by atoms with van der Waals surface area (Å²) < 4.78 is 13.1. The van der Waals surface area contributed by atoms with Gasteiger partial charge in [-0.3, -0.25) is 4.79 Å².